The van der Waals surface area contributed by atoms with E-state index in [2.05, 4.69) is 21.4 Å². The van der Waals surface area contributed by atoms with Crippen LogP contribution in [0, 0.1) is 6.92 Å². The molecule has 1 N–H and O–H groups in total. The summed E-state index contributed by atoms with van der Waals surface area (Å²) in [5, 5.41) is 3.50. The zero-order chi connectivity index (χ0) is 13.7. The van der Waals surface area contributed by atoms with E-state index in [1.165, 1.54) is 0 Å². The molecule has 5 heteroatoms. The molecule has 1 heterocycles. The molecule has 0 saturated carbocycles. The summed E-state index contributed by atoms with van der Waals surface area (Å²) in [7, 11) is 1.68. The van der Waals surface area contributed by atoms with Crippen molar-refractivity contribution in [3.8, 4) is 5.75 Å². The molecule has 0 bridgehead atoms. The highest BCUT2D eigenvalue weighted by Gasteiger charge is 2.03. The highest BCUT2D eigenvalue weighted by molar-refractivity contribution is 6.28. The minimum Gasteiger partial charge on any atom is -0.496 e. The number of para-hydroxylation sites is 1. The first-order valence-electron chi connectivity index (χ1n) is 6.06. The smallest absolute Gasteiger partial charge is 0.224 e. The summed E-state index contributed by atoms with van der Waals surface area (Å²) in [6.07, 6.45) is 0.852. The van der Waals surface area contributed by atoms with Gasteiger partial charge in [-0.25, -0.2) is 9.97 Å². The number of benzene rings is 1. The molecule has 0 aliphatic rings. The van der Waals surface area contributed by atoms with Crippen molar-refractivity contribution in [2.24, 2.45) is 0 Å². The Morgan fingerprint density at radius 1 is 1.26 bits per heavy atom. The summed E-state index contributed by atoms with van der Waals surface area (Å²) in [6.45, 7) is 2.64. The van der Waals surface area contributed by atoms with Gasteiger partial charge in [0.15, 0.2) is 0 Å². The summed E-state index contributed by atoms with van der Waals surface area (Å²) < 4.78 is 5.31. The molecule has 0 saturated heterocycles. The number of aryl methyl sites for hydroxylation is 1. The van der Waals surface area contributed by atoms with Gasteiger partial charge in [0.05, 0.1) is 7.11 Å². The van der Waals surface area contributed by atoms with E-state index in [0.717, 1.165) is 35.8 Å². The van der Waals surface area contributed by atoms with E-state index in [1.807, 2.05) is 31.2 Å². The van der Waals surface area contributed by atoms with E-state index in [4.69, 9.17) is 16.3 Å². The minimum absolute atomic E-state index is 0.264. The Hall–Kier alpha value is -1.81. The summed E-state index contributed by atoms with van der Waals surface area (Å²) in [5.41, 5.74) is 2.01. The lowest BCUT2D eigenvalue weighted by molar-refractivity contribution is 0.410. The number of methoxy groups -OCH3 is 1. The Bertz CT molecular complexity index is 540. The van der Waals surface area contributed by atoms with Crippen LogP contribution in [0.3, 0.4) is 0 Å². The molecule has 0 unspecified atom stereocenters. The molecule has 1 aromatic carbocycles. The fourth-order valence-corrected chi connectivity index (χ4v) is 2.08. The second kappa shape index (κ2) is 6.38. The topological polar surface area (TPSA) is 47.0 Å². The van der Waals surface area contributed by atoms with Crippen molar-refractivity contribution in [2.45, 2.75) is 13.3 Å². The van der Waals surface area contributed by atoms with Crippen LogP contribution in [0.15, 0.2) is 30.3 Å². The van der Waals surface area contributed by atoms with Gasteiger partial charge in [-0.3, -0.25) is 0 Å². The maximum absolute atomic E-state index is 5.81. The van der Waals surface area contributed by atoms with E-state index < -0.39 is 0 Å². The predicted molar refractivity (Wildman–Crippen MR) is 77.0 cm³/mol. The van der Waals surface area contributed by atoms with Crippen molar-refractivity contribution < 1.29 is 4.74 Å². The second-order valence-corrected chi connectivity index (χ2v) is 4.49. The van der Waals surface area contributed by atoms with Crippen LogP contribution < -0.4 is 10.1 Å². The number of ether oxygens (including phenoxy) is 1. The van der Waals surface area contributed by atoms with E-state index in [0.29, 0.717) is 0 Å². The van der Waals surface area contributed by atoms with E-state index in [-0.39, 0.29) is 5.28 Å². The van der Waals surface area contributed by atoms with Crippen LogP contribution in [0.5, 0.6) is 5.75 Å². The van der Waals surface area contributed by atoms with Crippen LogP contribution in [-0.4, -0.2) is 23.6 Å². The standard InChI is InChI=1S/C14H16ClN3O/c1-10-9-13(18-14(15)17-10)16-8-7-11-5-3-4-6-12(11)19-2/h3-6,9H,7-8H2,1-2H3,(H,16,17,18). The van der Waals surface area contributed by atoms with Gasteiger partial charge in [-0.15, -0.1) is 0 Å². The number of hydrogen-bond acceptors (Lipinski definition) is 4. The monoisotopic (exact) mass is 277 g/mol. The molecule has 0 radical (unpaired) electrons. The lowest BCUT2D eigenvalue weighted by Crippen LogP contribution is -2.08. The molecule has 1 aromatic heterocycles. The molecule has 100 valence electrons. The van der Waals surface area contributed by atoms with Crippen LogP contribution in [0.25, 0.3) is 0 Å². The number of aromatic nitrogens is 2. The van der Waals surface area contributed by atoms with Gasteiger partial charge < -0.3 is 10.1 Å². The average Bonchev–Trinajstić information content (AvgIpc) is 2.38. The number of rotatable bonds is 5. The van der Waals surface area contributed by atoms with Crippen molar-refractivity contribution in [3.63, 3.8) is 0 Å². The molecule has 0 fully saturated rings. The molecule has 0 aliphatic heterocycles. The molecule has 0 aliphatic carbocycles. The number of hydrogen-bond donors (Lipinski definition) is 1. The molecule has 4 nitrogen and oxygen atoms in total. The van der Waals surface area contributed by atoms with Crippen LogP contribution in [0.2, 0.25) is 5.28 Å². The van der Waals surface area contributed by atoms with Gasteiger partial charge in [0.2, 0.25) is 5.28 Å². The summed E-state index contributed by atoms with van der Waals surface area (Å²) in [4.78, 5) is 8.14. The fraction of sp³-hybridized carbons (Fsp3) is 0.286. The second-order valence-electron chi connectivity index (χ2n) is 4.15. The minimum atomic E-state index is 0.264. The first-order valence-corrected chi connectivity index (χ1v) is 6.44. The molecular weight excluding hydrogens is 262 g/mol. The Morgan fingerprint density at radius 2 is 2.05 bits per heavy atom. The zero-order valence-corrected chi connectivity index (χ0v) is 11.7. The van der Waals surface area contributed by atoms with Gasteiger partial charge >= 0.3 is 0 Å². The average molecular weight is 278 g/mol. The Labute approximate surface area is 117 Å². The molecule has 2 aromatic rings. The quantitative estimate of drug-likeness (QED) is 0.853. The van der Waals surface area contributed by atoms with Crippen molar-refractivity contribution in [3.05, 3.63) is 46.9 Å². The molecule has 0 spiro atoms. The van der Waals surface area contributed by atoms with Gasteiger partial charge in [0.1, 0.15) is 11.6 Å². The van der Waals surface area contributed by atoms with Gasteiger partial charge in [-0.2, -0.15) is 0 Å². The largest absolute Gasteiger partial charge is 0.496 e. The third-order valence-corrected chi connectivity index (χ3v) is 2.89. The van der Waals surface area contributed by atoms with Crippen molar-refractivity contribution in [1.29, 1.82) is 0 Å². The lowest BCUT2D eigenvalue weighted by atomic mass is 10.1. The molecule has 0 atom stereocenters. The maximum Gasteiger partial charge on any atom is 0.224 e. The Balaban J connectivity index is 1.96. The highest BCUT2D eigenvalue weighted by Crippen LogP contribution is 2.18. The third-order valence-electron chi connectivity index (χ3n) is 2.72. The van der Waals surface area contributed by atoms with Crippen LogP contribution >= 0.6 is 11.6 Å². The number of nitrogens with zero attached hydrogens (tertiary/aromatic N) is 2. The van der Waals surface area contributed by atoms with Crippen LogP contribution in [-0.2, 0) is 6.42 Å². The van der Waals surface area contributed by atoms with Gasteiger partial charge in [0, 0.05) is 18.3 Å². The van der Waals surface area contributed by atoms with Gasteiger partial charge in [-0.1, -0.05) is 18.2 Å². The molecule has 19 heavy (non-hydrogen) atoms. The SMILES string of the molecule is COc1ccccc1CCNc1cc(C)nc(Cl)n1. The van der Waals surface area contributed by atoms with E-state index in [9.17, 15) is 0 Å². The summed E-state index contributed by atoms with van der Waals surface area (Å²) in [6, 6.07) is 9.85. The number of halogens is 1. The van der Waals surface area contributed by atoms with Crippen molar-refractivity contribution in [2.75, 3.05) is 19.0 Å². The molecular formula is C14H16ClN3O. The first kappa shape index (κ1) is 13.6. The van der Waals surface area contributed by atoms with Crippen LogP contribution in [0.1, 0.15) is 11.3 Å². The van der Waals surface area contributed by atoms with Crippen molar-refractivity contribution in [1.82, 2.24) is 9.97 Å². The normalized spacial score (nSPS) is 10.3. The molecule has 0 amide bonds. The first-order chi connectivity index (χ1) is 9.19. The van der Waals surface area contributed by atoms with Crippen molar-refractivity contribution >= 4 is 17.4 Å². The summed E-state index contributed by atoms with van der Waals surface area (Å²) in [5.74, 6) is 1.65. The predicted octanol–water partition coefficient (Wildman–Crippen LogP) is 3.10. The lowest BCUT2D eigenvalue weighted by Gasteiger charge is -2.09. The summed E-state index contributed by atoms with van der Waals surface area (Å²) >= 11 is 5.81. The number of nitrogens with one attached hydrogen (secondary N) is 1. The fourth-order valence-electron chi connectivity index (χ4n) is 1.86. The molecule has 2 rings (SSSR count). The van der Waals surface area contributed by atoms with Gasteiger partial charge in [-0.05, 0) is 36.6 Å². The van der Waals surface area contributed by atoms with Gasteiger partial charge in [0.25, 0.3) is 0 Å². The zero-order valence-electron chi connectivity index (χ0n) is 11.0. The van der Waals surface area contributed by atoms with Crippen LogP contribution in [0.4, 0.5) is 5.82 Å². The number of anilines is 1. The maximum atomic E-state index is 5.81. The van der Waals surface area contributed by atoms with E-state index in [1.54, 1.807) is 7.11 Å². The highest BCUT2D eigenvalue weighted by atomic mass is 35.5. The van der Waals surface area contributed by atoms with E-state index >= 15 is 0 Å². The Kier molecular flexibility index (Phi) is 4.58. The third kappa shape index (κ3) is 3.83. The Morgan fingerprint density at radius 3 is 2.79 bits per heavy atom.